The van der Waals surface area contributed by atoms with Gasteiger partial charge in [0.25, 0.3) is 0 Å². The lowest BCUT2D eigenvalue weighted by atomic mass is 10.1. The summed E-state index contributed by atoms with van der Waals surface area (Å²) in [6.45, 7) is 15.0. The molecule has 0 aromatic rings. The Morgan fingerprint density at radius 3 is 0.900 bits per heavy atom. The molecule has 0 aromatic heterocycles. The SMILES string of the molecule is CCCC[N+](CCCC)(CCCC)CCCC.CI.[OH-]. The number of unbranched alkanes of at least 4 members (excludes halogenated alkanes) is 4. The fourth-order valence-electron chi connectivity index (χ4n) is 2.64. The molecule has 0 fully saturated rings. The van der Waals surface area contributed by atoms with Crippen molar-refractivity contribution < 1.29 is 9.96 Å². The molecule has 0 saturated heterocycles. The normalized spacial score (nSPS) is 10.5. The Morgan fingerprint density at radius 2 is 0.750 bits per heavy atom. The number of halogens is 1. The highest BCUT2D eigenvalue weighted by atomic mass is 127. The number of nitrogens with zero attached hydrogens (tertiary/aromatic N) is 1. The van der Waals surface area contributed by atoms with Crippen LogP contribution in [-0.2, 0) is 0 Å². The maximum Gasteiger partial charge on any atom is 0.0786 e. The van der Waals surface area contributed by atoms with Gasteiger partial charge in [0.2, 0.25) is 0 Å². The van der Waals surface area contributed by atoms with E-state index < -0.39 is 0 Å². The summed E-state index contributed by atoms with van der Waals surface area (Å²) < 4.78 is 1.42. The van der Waals surface area contributed by atoms with Crippen molar-refractivity contribution in [2.75, 3.05) is 31.1 Å². The van der Waals surface area contributed by atoms with Gasteiger partial charge in [0.1, 0.15) is 0 Å². The van der Waals surface area contributed by atoms with Crippen LogP contribution in [0.5, 0.6) is 0 Å². The molecule has 0 spiro atoms. The molecular formula is C17H40INO. The molecule has 20 heavy (non-hydrogen) atoms. The van der Waals surface area contributed by atoms with Crippen LogP contribution in [0.2, 0.25) is 0 Å². The summed E-state index contributed by atoms with van der Waals surface area (Å²) >= 11 is 2.15. The van der Waals surface area contributed by atoms with Crippen LogP contribution < -0.4 is 0 Å². The molecule has 0 amide bonds. The molecule has 0 unspecified atom stereocenters. The molecule has 3 heteroatoms. The van der Waals surface area contributed by atoms with Crippen LogP contribution in [-0.4, -0.2) is 41.1 Å². The first-order valence-electron chi connectivity index (χ1n) is 8.47. The van der Waals surface area contributed by atoms with Gasteiger partial charge in [0.05, 0.1) is 26.2 Å². The van der Waals surface area contributed by atoms with Gasteiger partial charge in [-0.05, 0) is 30.6 Å². The molecule has 0 radical (unpaired) electrons. The van der Waals surface area contributed by atoms with Crippen molar-refractivity contribution in [3.63, 3.8) is 0 Å². The molecule has 0 bridgehead atoms. The van der Waals surface area contributed by atoms with Crippen molar-refractivity contribution in [1.29, 1.82) is 0 Å². The van der Waals surface area contributed by atoms with Crippen molar-refractivity contribution in [3.8, 4) is 0 Å². The van der Waals surface area contributed by atoms with E-state index in [1.165, 1.54) is 82.0 Å². The van der Waals surface area contributed by atoms with Crippen molar-refractivity contribution >= 4 is 22.6 Å². The fraction of sp³-hybridized carbons (Fsp3) is 1.00. The molecule has 1 N–H and O–H groups in total. The third kappa shape index (κ3) is 13.6. The Hall–Kier alpha value is 0.650. The molecule has 0 aliphatic rings. The average molecular weight is 401 g/mol. The van der Waals surface area contributed by atoms with Crippen LogP contribution in [0.15, 0.2) is 0 Å². The molecule has 0 saturated carbocycles. The molecular weight excluding hydrogens is 361 g/mol. The number of hydrogen-bond acceptors (Lipinski definition) is 1. The van der Waals surface area contributed by atoms with Gasteiger partial charge in [0.15, 0.2) is 0 Å². The monoisotopic (exact) mass is 401 g/mol. The standard InChI is InChI=1S/C16H36N.CH3I.H2O/c1-5-9-13-17(14-10-6-2,15-11-7-3)16-12-8-4;1-2;/h5-16H2,1-4H3;1H3;1H2/q+1;;/p-1. The molecule has 0 aliphatic carbocycles. The zero-order valence-corrected chi connectivity index (χ0v) is 16.9. The first-order valence-corrected chi connectivity index (χ1v) is 10.6. The Kier molecular flexibility index (Phi) is 25.1. The van der Waals surface area contributed by atoms with Gasteiger partial charge in [-0.15, -0.1) is 0 Å². The van der Waals surface area contributed by atoms with Gasteiger partial charge >= 0.3 is 0 Å². The predicted molar refractivity (Wildman–Crippen MR) is 101 cm³/mol. The minimum atomic E-state index is 0. The second-order valence-electron chi connectivity index (χ2n) is 5.65. The Labute approximate surface area is 142 Å². The van der Waals surface area contributed by atoms with E-state index in [1.54, 1.807) is 0 Å². The zero-order valence-electron chi connectivity index (χ0n) is 14.8. The largest absolute Gasteiger partial charge is 0.870 e. The molecule has 126 valence electrons. The minimum absolute atomic E-state index is 0. The number of alkyl halides is 1. The summed E-state index contributed by atoms with van der Waals surface area (Å²) in [5.41, 5.74) is 0. The van der Waals surface area contributed by atoms with Gasteiger partial charge in [-0.3, -0.25) is 0 Å². The van der Waals surface area contributed by atoms with Crippen molar-refractivity contribution in [2.45, 2.75) is 79.1 Å². The Morgan fingerprint density at radius 1 is 0.550 bits per heavy atom. The van der Waals surface area contributed by atoms with E-state index in [0.717, 1.165) is 0 Å². The zero-order chi connectivity index (χ0) is 15.0. The second-order valence-corrected chi connectivity index (χ2v) is 5.65. The lowest BCUT2D eigenvalue weighted by Crippen LogP contribution is -2.50. The quantitative estimate of drug-likeness (QED) is 0.228. The third-order valence-corrected chi connectivity index (χ3v) is 3.94. The number of rotatable bonds is 12. The summed E-state index contributed by atoms with van der Waals surface area (Å²) in [6, 6.07) is 0. The van der Waals surface area contributed by atoms with E-state index in [4.69, 9.17) is 0 Å². The molecule has 2 nitrogen and oxygen atoms in total. The van der Waals surface area contributed by atoms with Crippen molar-refractivity contribution in [1.82, 2.24) is 0 Å². The summed E-state index contributed by atoms with van der Waals surface area (Å²) in [7, 11) is 0. The topological polar surface area (TPSA) is 30.0 Å². The van der Waals surface area contributed by atoms with Crippen LogP contribution in [0, 0.1) is 0 Å². The Balaban J connectivity index is -0.000000916. The van der Waals surface area contributed by atoms with Crippen LogP contribution in [0.3, 0.4) is 0 Å². The van der Waals surface area contributed by atoms with Crippen molar-refractivity contribution in [2.24, 2.45) is 0 Å². The van der Waals surface area contributed by atoms with Crippen LogP contribution in [0.4, 0.5) is 0 Å². The van der Waals surface area contributed by atoms with Crippen molar-refractivity contribution in [3.05, 3.63) is 0 Å². The van der Waals surface area contributed by atoms with E-state index in [9.17, 15) is 0 Å². The minimum Gasteiger partial charge on any atom is -0.870 e. The van der Waals surface area contributed by atoms with E-state index in [2.05, 4.69) is 50.3 Å². The lowest BCUT2D eigenvalue weighted by molar-refractivity contribution is -0.929. The van der Waals surface area contributed by atoms with Gasteiger partial charge in [-0.1, -0.05) is 76.0 Å². The highest BCUT2D eigenvalue weighted by Crippen LogP contribution is 2.16. The maximum absolute atomic E-state index is 2.33. The van der Waals surface area contributed by atoms with E-state index in [1.807, 2.05) is 4.93 Å². The number of quaternary nitrogens is 1. The summed E-state index contributed by atoms with van der Waals surface area (Å²) in [5.74, 6) is 0. The second kappa shape index (κ2) is 19.7. The third-order valence-electron chi connectivity index (χ3n) is 3.94. The van der Waals surface area contributed by atoms with Gasteiger partial charge in [0, 0.05) is 0 Å². The summed E-state index contributed by atoms with van der Waals surface area (Å²) in [6.07, 6.45) is 11.1. The van der Waals surface area contributed by atoms with Gasteiger partial charge in [-0.25, -0.2) is 0 Å². The van der Waals surface area contributed by atoms with E-state index in [-0.39, 0.29) is 5.48 Å². The predicted octanol–water partition coefficient (Wildman–Crippen LogP) is 5.88. The molecule has 0 aromatic carbocycles. The summed E-state index contributed by atoms with van der Waals surface area (Å²) in [4.78, 5) is 1.97. The molecule has 0 aliphatic heterocycles. The van der Waals surface area contributed by atoms with Crippen LogP contribution in [0.25, 0.3) is 0 Å². The highest BCUT2D eigenvalue weighted by molar-refractivity contribution is 14.1. The molecule has 0 atom stereocenters. The fourth-order valence-corrected chi connectivity index (χ4v) is 2.64. The smallest absolute Gasteiger partial charge is 0.0786 e. The number of hydrogen-bond donors (Lipinski definition) is 0. The highest BCUT2D eigenvalue weighted by Gasteiger charge is 2.24. The maximum atomic E-state index is 2.33. The first kappa shape index (κ1) is 25.6. The first-order chi connectivity index (χ1) is 9.24. The lowest BCUT2D eigenvalue weighted by Gasteiger charge is -2.39. The Bertz CT molecular complexity index is 128. The molecule has 0 rings (SSSR count). The molecule has 0 heterocycles. The van der Waals surface area contributed by atoms with E-state index >= 15 is 0 Å². The van der Waals surface area contributed by atoms with Crippen LogP contribution >= 0.6 is 22.6 Å². The van der Waals surface area contributed by atoms with Gasteiger partial charge < -0.3 is 9.96 Å². The van der Waals surface area contributed by atoms with Crippen LogP contribution in [0.1, 0.15) is 79.1 Å². The van der Waals surface area contributed by atoms with Gasteiger partial charge in [-0.2, -0.15) is 0 Å². The van der Waals surface area contributed by atoms with E-state index in [0.29, 0.717) is 0 Å². The average Bonchev–Trinajstić information content (AvgIpc) is 2.48. The summed E-state index contributed by atoms with van der Waals surface area (Å²) in [5, 5.41) is 0.